The third kappa shape index (κ3) is 5.08. The Hall–Kier alpha value is -2.85. The van der Waals surface area contributed by atoms with Crippen LogP contribution in [-0.2, 0) is 19.6 Å². The summed E-state index contributed by atoms with van der Waals surface area (Å²) in [6, 6.07) is 6.81. The summed E-state index contributed by atoms with van der Waals surface area (Å²) in [4.78, 5) is 23.8. The summed E-state index contributed by atoms with van der Waals surface area (Å²) in [6.45, 7) is 1.20. The van der Waals surface area contributed by atoms with Gasteiger partial charge in [-0.2, -0.15) is 0 Å². The van der Waals surface area contributed by atoms with Gasteiger partial charge in [-0.1, -0.05) is 0 Å². The summed E-state index contributed by atoms with van der Waals surface area (Å²) in [5.41, 5.74) is -0.0310. The number of carbonyl (C=O) groups is 2. The summed E-state index contributed by atoms with van der Waals surface area (Å²) in [5, 5.41) is 2.62. The number of methoxy groups -OCH3 is 1. The monoisotopic (exact) mass is 396 g/mol. The molecule has 2 aromatic rings. The van der Waals surface area contributed by atoms with Crippen LogP contribution in [0.3, 0.4) is 0 Å². The average molecular weight is 396 g/mol. The van der Waals surface area contributed by atoms with E-state index in [2.05, 4.69) is 10.0 Å². The fourth-order valence-electron chi connectivity index (χ4n) is 2.23. The van der Waals surface area contributed by atoms with E-state index in [1.54, 1.807) is 19.1 Å². The number of esters is 1. The molecule has 1 aromatic carbocycles. The minimum atomic E-state index is -3.84. The quantitative estimate of drug-likeness (QED) is 0.643. The van der Waals surface area contributed by atoms with Crippen molar-refractivity contribution in [1.29, 1.82) is 0 Å². The number of furan rings is 1. The standard InChI is InChI=1S/C17H20N2O7S/c1-11(13-5-4-8-25-13)19-16(20)10-26-17(21)12-6-7-14(24-3)15(9-12)27(22,23)18-2/h4-9,11,18H,10H2,1-3H3,(H,19,20)/t11-/m0/s1. The van der Waals surface area contributed by atoms with Crippen LogP contribution in [0, 0.1) is 0 Å². The van der Waals surface area contributed by atoms with Gasteiger partial charge in [0.05, 0.1) is 25.0 Å². The van der Waals surface area contributed by atoms with Crippen molar-refractivity contribution < 1.29 is 31.9 Å². The van der Waals surface area contributed by atoms with Crippen LogP contribution < -0.4 is 14.8 Å². The van der Waals surface area contributed by atoms with Crippen molar-refractivity contribution >= 4 is 21.9 Å². The second kappa shape index (κ2) is 8.69. The fraction of sp³-hybridized carbons (Fsp3) is 0.294. The largest absolute Gasteiger partial charge is 0.495 e. The number of hydrogen-bond acceptors (Lipinski definition) is 7. The Balaban J connectivity index is 2.03. The molecule has 0 bridgehead atoms. The van der Waals surface area contributed by atoms with Crippen LogP contribution in [0.25, 0.3) is 0 Å². The van der Waals surface area contributed by atoms with Crippen molar-refractivity contribution in [3.8, 4) is 5.75 Å². The first-order chi connectivity index (χ1) is 12.8. The fourth-order valence-corrected chi connectivity index (χ4v) is 3.15. The smallest absolute Gasteiger partial charge is 0.338 e. The lowest BCUT2D eigenvalue weighted by Gasteiger charge is -2.12. The number of nitrogens with one attached hydrogen (secondary N) is 2. The van der Waals surface area contributed by atoms with Gasteiger partial charge >= 0.3 is 5.97 Å². The first kappa shape index (κ1) is 20.5. The lowest BCUT2D eigenvalue weighted by Crippen LogP contribution is -2.31. The number of sulfonamides is 1. The summed E-state index contributed by atoms with van der Waals surface area (Å²) in [7, 11) is -1.29. The SMILES string of the molecule is CNS(=O)(=O)c1cc(C(=O)OCC(=O)N[C@@H](C)c2ccco2)ccc1OC. The lowest BCUT2D eigenvalue weighted by molar-refractivity contribution is -0.125. The Labute approximate surface area is 156 Å². The van der Waals surface area contributed by atoms with Gasteiger partial charge < -0.3 is 19.2 Å². The molecule has 0 saturated heterocycles. The van der Waals surface area contributed by atoms with Gasteiger partial charge in [0.2, 0.25) is 10.0 Å². The Morgan fingerprint density at radius 1 is 1.26 bits per heavy atom. The highest BCUT2D eigenvalue weighted by Crippen LogP contribution is 2.25. The second-order valence-electron chi connectivity index (χ2n) is 5.45. The molecule has 0 aliphatic heterocycles. The van der Waals surface area contributed by atoms with E-state index in [-0.39, 0.29) is 22.3 Å². The van der Waals surface area contributed by atoms with Crippen LogP contribution in [0.1, 0.15) is 29.1 Å². The zero-order valence-electron chi connectivity index (χ0n) is 15.0. The Bertz CT molecular complexity index is 907. The van der Waals surface area contributed by atoms with Crippen molar-refractivity contribution in [2.45, 2.75) is 17.9 Å². The molecule has 0 fully saturated rings. The summed E-state index contributed by atoms with van der Waals surface area (Å²) < 4.78 is 41.3. The zero-order chi connectivity index (χ0) is 20.0. The minimum absolute atomic E-state index is 0.0310. The molecule has 146 valence electrons. The van der Waals surface area contributed by atoms with E-state index in [4.69, 9.17) is 13.9 Å². The Kier molecular flexibility index (Phi) is 6.59. The van der Waals surface area contributed by atoms with Crippen LogP contribution >= 0.6 is 0 Å². The number of amides is 1. The molecule has 1 amide bonds. The van der Waals surface area contributed by atoms with E-state index < -0.39 is 28.5 Å². The molecule has 1 aromatic heterocycles. The van der Waals surface area contributed by atoms with Gasteiger partial charge in [-0.3, -0.25) is 4.79 Å². The van der Waals surface area contributed by atoms with E-state index in [1.807, 2.05) is 0 Å². The summed E-state index contributed by atoms with van der Waals surface area (Å²) in [5.74, 6) is -0.729. The van der Waals surface area contributed by atoms with E-state index in [1.165, 1.54) is 32.6 Å². The molecule has 10 heteroatoms. The number of rotatable bonds is 8. The first-order valence-corrected chi connectivity index (χ1v) is 9.38. The maximum Gasteiger partial charge on any atom is 0.338 e. The van der Waals surface area contributed by atoms with Crippen molar-refractivity contribution in [1.82, 2.24) is 10.0 Å². The van der Waals surface area contributed by atoms with Crippen LogP contribution in [-0.4, -0.2) is 41.1 Å². The van der Waals surface area contributed by atoms with Crippen molar-refractivity contribution in [2.75, 3.05) is 20.8 Å². The molecule has 2 N–H and O–H groups in total. The Morgan fingerprint density at radius 3 is 2.59 bits per heavy atom. The topological polar surface area (TPSA) is 124 Å². The number of benzene rings is 1. The molecule has 27 heavy (non-hydrogen) atoms. The van der Waals surface area contributed by atoms with E-state index >= 15 is 0 Å². The van der Waals surface area contributed by atoms with E-state index in [0.717, 1.165) is 6.07 Å². The average Bonchev–Trinajstić information content (AvgIpc) is 3.20. The number of carbonyl (C=O) groups excluding carboxylic acids is 2. The summed E-state index contributed by atoms with van der Waals surface area (Å²) >= 11 is 0. The van der Waals surface area contributed by atoms with Crippen molar-refractivity contribution in [3.63, 3.8) is 0 Å². The predicted molar refractivity (Wildman–Crippen MR) is 94.8 cm³/mol. The minimum Gasteiger partial charge on any atom is -0.495 e. The molecule has 2 rings (SSSR count). The predicted octanol–water partition coefficient (Wildman–Crippen LogP) is 1.23. The third-order valence-electron chi connectivity index (χ3n) is 3.64. The molecule has 9 nitrogen and oxygen atoms in total. The molecule has 0 aliphatic carbocycles. The maximum absolute atomic E-state index is 12.2. The van der Waals surface area contributed by atoms with Gasteiger partial charge in [-0.25, -0.2) is 17.9 Å². The molecule has 0 radical (unpaired) electrons. The third-order valence-corrected chi connectivity index (χ3v) is 5.07. The second-order valence-corrected chi connectivity index (χ2v) is 7.31. The highest BCUT2D eigenvalue weighted by molar-refractivity contribution is 7.89. The first-order valence-electron chi connectivity index (χ1n) is 7.90. The van der Waals surface area contributed by atoms with Gasteiger partial charge in [0.15, 0.2) is 6.61 Å². The highest BCUT2D eigenvalue weighted by atomic mass is 32.2. The van der Waals surface area contributed by atoms with E-state index in [0.29, 0.717) is 5.76 Å². The van der Waals surface area contributed by atoms with Gasteiger partial charge in [-0.15, -0.1) is 0 Å². The molecular weight excluding hydrogens is 376 g/mol. The molecule has 1 atom stereocenters. The molecule has 1 heterocycles. The van der Waals surface area contributed by atoms with Crippen LogP contribution in [0.2, 0.25) is 0 Å². The van der Waals surface area contributed by atoms with Crippen LogP contribution in [0.15, 0.2) is 45.9 Å². The zero-order valence-corrected chi connectivity index (χ0v) is 15.8. The van der Waals surface area contributed by atoms with Gasteiger partial charge in [0.25, 0.3) is 5.91 Å². The molecule has 0 aliphatic rings. The normalized spacial score (nSPS) is 12.3. The summed E-state index contributed by atoms with van der Waals surface area (Å²) in [6.07, 6.45) is 1.48. The maximum atomic E-state index is 12.2. The van der Waals surface area contributed by atoms with Crippen molar-refractivity contribution in [2.24, 2.45) is 0 Å². The van der Waals surface area contributed by atoms with E-state index in [9.17, 15) is 18.0 Å². The van der Waals surface area contributed by atoms with Gasteiger partial charge in [-0.05, 0) is 44.3 Å². The van der Waals surface area contributed by atoms with Crippen molar-refractivity contribution in [3.05, 3.63) is 47.9 Å². The van der Waals surface area contributed by atoms with Crippen LogP contribution in [0.5, 0.6) is 5.75 Å². The highest BCUT2D eigenvalue weighted by Gasteiger charge is 2.21. The Morgan fingerprint density at radius 2 is 2.00 bits per heavy atom. The molecule has 0 saturated carbocycles. The molecular formula is C17H20N2O7S. The van der Waals surface area contributed by atoms with Gasteiger partial charge in [0, 0.05) is 0 Å². The molecule has 0 unspecified atom stereocenters. The number of hydrogen-bond donors (Lipinski definition) is 2. The lowest BCUT2D eigenvalue weighted by atomic mass is 10.2. The van der Waals surface area contributed by atoms with Gasteiger partial charge in [0.1, 0.15) is 16.4 Å². The molecule has 0 spiro atoms. The number of ether oxygens (including phenoxy) is 2. The van der Waals surface area contributed by atoms with Crippen LogP contribution in [0.4, 0.5) is 0 Å².